The predicted octanol–water partition coefficient (Wildman–Crippen LogP) is 2.83. The molecule has 0 aliphatic carbocycles. The van der Waals surface area contributed by atoms with Crippen molar-refractivity contribution in [2.24, 2.45) is 0 Å². The Kier molecular flexibility index (Phi) is 3.15. The van der Waals surface area contributed by atoms with Gasteiger partial charge in [0.1, 0.15) is 5.75 Å². The van der Waals surface area contributed by atoms with Crippen LogP contribution in [0.5, 0.6) is 11.6 Å². The van der Waals surface area contributed by atoms with E-state index in [2.05, 4.69) is 10.2 Å². The summed E-state index contributed by atoms with van der Waals surface area (Å²) < 4.78 is 5.31. The molecule has 0 spiro atoms. The van der Waals surface area contributed by atoms with Gasteiger partial charge in [-0.15, -0.1) is 10.2 Å². The van der Waals surface area contributed by atoms with Gasteiger partial charge >= 0.3 is 0 Å². The minimum atomic E-state index is -0.480. The zero-order valence-corrected chi connectivity index (χ0v) is 9.16. The molecule has 6 nitrogen and oxygen atoms in total. The number of aromatic nitrogens is 2. The van der Waals surface area contributed by atoms with Gasteiger partial charge in [0.25, 0.3) is 5.69 Å². The minimum Gasteiger partial charge on any atom is -0.438 e. The topological polar surface area (TPSA) is 78.2 Å². The van der Waals surface area contributed by atoms with Crippen LogP contribution in [0.1, 0.15) is 0 Å². The molecule has 1 aromatic carbocycles. The van der Waals surface area contributed by atoms with Crippen molar-refractivity contribution < 1.29 is 9.66 Å². The van der Waals surface area contributed by atoms with E-state index in [4.69, 9.17) is 16.3 Å². The van der Waals surface area contributed by atoms with Gasteiger partial charge in [0.15, 0.2) is 5.15 Å². The molecule has 2 rings (SSSR count). The lowest BCUT2D eigenvalue weighted by atomic mass is 10.3. The quantitative estimate of drug-likeness (QED) is 0.619. The van der Waals surface area contributed by atoms with E-state index < -0.39 is 4.92 Å². The van der Waals surface area contributed by atoms with E-state index in [9.17, 15) is 10.1 Å². The molecule has 0 saturated heterocycles. The molecule has 7 heteroatoms. The number of ether oxygens (including phenoxy) is 1. The van der Waals surface area contributed by atoms with Crippen molar-refractivity contribution in [3.8, 4) is 11.6 Å². The maximum atomic E-state index is 10.4. The van der Waals surface area contributed by atoms with Crippen LogP contribution in [0, 0.1) is 10.1 Å². The predicted molar refractivity (Wildman–Crippen MR) is 60.2 cm³/mol. The average Bonchev–Trinajstić information content (AvgIpc) is 2.33. The van der Waals surface area contributed by atoms with Crippen LogP contribution in [0.4, 0.5) is 5.69 Å². The molecule has 17 heavy (non-hydrogen) atoms. The summed E-state index contributed by atoms with van der Waals surface area (Å²) in [6.07, 6.45) is 0. The standard InChI is InChI=1S/C10H6ClN3O3/c11-9-5-6-10(13-12-9)17-8-3-1-7(2-4-8)14(15)16/h1-6H. The van der Waals surface area contributed by atoms with Gasteiger partial charge < -0.3 is 4.74 Å². The monoisotopic (exact) mass is 251 g/mol. The van der Waals surface area contributed by atoms with Crippen LogP contribution in [0.15, 0.2) is 36.4 Å². The van der Waals surface area contributed by atoms with E-state index in [1.807, 2.05) is 0 Å². The first-order valence-electron chi connectivity index (χ1n) is 4.57. The zero-order valence-electron chi connectivity index (χ0n) is 8.41. The van der Waals surface area contributed by atoms with Crippen molar-refractivity contribution in [2.75, 3.05) is 0 Å². The third-order valence-electron chi connectivity index (χ3n) is 1.88. The lowest BCUT2D eigenvalue weighted by Gasteiger charge is -2.02. The first-order valence-corrected chi connectivity index (χ1v) is 4.94. The Morgan fingerprint density at radius 2 is 1.82 bits per heavy atom. The summed E-state index contributed by atoms with van der Waals surface area (Å²) in [7, 11) is 0. The molecule has 0 aliphatic rings. The van der Waals surface area contributed by atoms with Crippen molar-refractivity contribution in [3.63, 3.8) is 0 Å². The molecule has 0 N–H and O–H groups in total. The second-order valence-corrected chi connectivity index (χ2v) is 3.43. The van der Waals surface area contributed by atoms with Gasteiger partial charge in [-0.3, -0.25) is 10.1 Å². The van der Waals surface area contributed by atoms with Crippen molar-refractivity contribution in [2.45, 2.75) is 0 Å². The molecule has 0 saturated carbocycles. The van der Waals surface area contributed by atoms with E-state index in [1.165, 1.54) is 30.3 Å². The molecule has 86 valence electrons. The highest BCUT2D eigenvalue weighted by Crippen LogP contribution is 2.22. The number of hydrogen-bond donors (Lipinski definition) is 0. The van der Waals surface area contributed by atoms with Crippen molar-refractivity contribution in [1.82, 2.24) is 10.2 Å². The van der Waals surface area contributed by atoms with Gasteiger partial charge in [-0.25, -0.2) is 0 Å². The van der Waals surface area contributed by atoms with E-state index in [1.54, 1.807) is 6.07 Å². The highest BCUT2D eigenvalue weighted by Gasteiger charge is 2.05. The molecule has 0 amide bonds. The van der Waals surface area contributed by atoms with Crippen LogP contribution in [0.25, 0.3) is 0 Å². The Hall–Kier alpha value is -2.21. The van der Waals surface area contributed by atoms with Crippen molar-refractivity contribution in [1.29, 1.82) is 0 Å². The molecule has 2 aromatic rings. The van der Waals surface area contributed by atoms with E-state index >= 15 is 0 Å². The molecule has 1 heterocycles. The molecule has 0 radical (unpaired) electrons. The van der Waals surface area contributed by atoms with Crippen LogP contribution >= 0.6 is 11.6 Å². The maximum Gasteiger partial charge on any atom is 0.269 e. The molecule has 0 unspecified atom stereocenters. The summed E-state index contributed by atoms with van der Waals surface area (Å²) in [5.74, 6) is 0.704. The number of halogens is 1. The maximum absolute atomic E-state index is 10.4. The number of hydrogen-bond acceptors (Lipinski definition) is 5. The average molecular weight is 252 g/mol. The van der Waals surface area contributed by atoms with Crippen LogP contribution in [0.3, 0.4) is 0 Å². The fourth-order valence-electron chi connectivity index (χ4n) is 1.11. The third-order valence-corrected chi connectivity index (χ3v) is 2.08. The van der Waals surface area contributed by atoms with Gasteiger partial charge in [0, 0.05) is 18.2 Å². The van der Waals surface area contributed by atoms with E-state index in [-0.39, 0.29) is 16.7 Å². The van der Waals surface area contributed by atoms with Gasteiger partial charge in [-0.2, -0.15) is 0 Å². The zero-order chi connectivity index (χ0) is 12.3. The lowest BCUT2D eigenvalue weighted by Crippen LogP contribution is -1.91. The second kappa shape index (κ2) is 4.75. The molecule has 0 aliphatic heterocycles. The second-order valence-electron chi connectivity index (χ2n) is 3.05. The van der Waals surface area contributed by atoms with Crippen LogP contribution in [-0.4, -0.2) is 15.1 Å². The summed E-state index contributed by atoms with van der Waals surface area (Å²) in [4.78, 5) is 9.96. The highest BCUT2D eigenvalue weighted by atomic mass is 35.5. The Bertz CT molecular complexity index is 527. The molecule has 0 atom stereocenters. The van der Waals surface area contributed by atoms with Gasteiger partial charge in [-0.05, 0) is 18.2 Å². The van der Waals surface area contributed by atoms with Crippen LogP contribution in [-0.2, 0) is 0 Å². The normalized spacial score (nSPS) is 9.94. The molecular weight excluding hydrogens is 246 g/mol. The molecule has 0 bridgehead atoms. The molecule has 0 fully saturated rings. The van der Waals surface area contributed by atoms with Crippen molar-refractivity contribution >= 4 is 17.3 Å². The smallest absolute Gasteiger partial charge is 0.269 e. The van der Waals surface area contributed by atoms with E-state index in [0.29, 0.717) is 5.75 Å². The van der Waals surface area contributed by atoms with Crippen molar-refractivity contribution in [3.05, 3.63) is 51.7 Å². The SMILES string of the molecule is O=[N+]([O-])c1ccc(Oc2ccc(Cl)nn2)cc1. The third kappa shape index (κ3) is 2.88. The number of nitro groups is 1. The molecule has 1 aromatic heterocycles. The van der Waals surface area contributed by atoms with E-state index in [0.717, 1.165) is 0 Å². The van der Waals surface area contributed by atoms with Crippen LogP contribution in [0.2, 0.25) is 5.15 Å². The lowest BCUT2D eigenvalue weighted by molar-refractivity contribution is -0.384. The summed E-state index contributed by atoms with van der Waals surface area (Å²) in [6, 6.07) is 8.74. The first kappa shape index (κ1) is 11.3. The summed E-state index contributed by atoms with van der Waals surface area (Å²) in [5.41, 5.74) is -0.000426. The summed E-state index contributed by atoms with van der Waals surface area (Å²) >= 11 is 5.57. The summed E-state index contributed by atoms with van der Waals surface area (Å²) in [5, 5.41) is 18.0. The minimum absolute atomic E-state index is 0.000426. The summed E-state index contributed by atoms with van der Waals surface area (Å²) in [6.45, 7) is 0. The number of nitro benzene ring substituents is 1. The van der Waals surface area contributed by atoms with Gasteiger partial charge in [0.2, 0.25) is 5.88 Å². The first-order chi connectivity index (χ1) is 8.15. The van der Waals surface area contributed by atoms with Crippen LogP contribution < -0.4 is 4.74 Å². The Morgan fingerprint density at radius 3 is 2.35 bits per heavy atom. The fraction of sp³-hybridized carbons (Fsp3) is 0. The number of non-ortho nitro benzene ring substituents is 1. The van der Waals surface area contributed by atoms with Gasteiger partial charge in [0.05, 0.1) is 4.92 Å². The number of rotatable bonds is 3. The largest absolute Gasteiger partial charge is 0.438 e. The Labute approximate surface area is 101 Å². The number of nitrogens with zero attached hydrogens (tertiary/aromatic N) is 3. The number of benzene rings is 1. The highest BCUT2D eigenvalue weighted by molar-refractivity contribution is 6.29. The molecular formula is C10H6ClN3O3. The van der Waals surface area contributed by atoms with Gasteiger partial charge in [-0.1, -0.05) is 11.6 Å². The Balaban J connectivity index is 2.13. The fourth-order valence-corrected chi connectivity index (χ4v) is 1.22. The Morgan fingerprint density at radius 1 is 1.12 bits per heavy atom.